The SMILES string of the molecule is CCOc1ccccc1C1(C(N)=O)CCCN1C(=O)CC. The van der Waals surface area contributed by atoms with Gasteiger partial charge in [-0.1, -0.05) is 25.1 Å². The Hall–Kier alpha value is -2.04. The second-order valence-electron chi connectivity index (χ2n) is 5.16. The lowest BCUT2D eigenvalue weighted by molar-refractivity contribution is -0.144. The number of ether oxygens (including phenoxy) is 1. The van der Waals surface area contributed by atoms with Crippen LogP contribution in [-0.2, 0) is 15.1 Å². The maximum atomic E-state index is 12.3. The van der Waals surface area contributed by atoms with Crippen LogP contribution >= 0.6 is 0 Å². The number of hydrogen-bond acceptors (Lipinski definition) is 3. The smallest absolute Gasteiger partial charge is 0.248 e. The van der Waals surface area contributed by atoms with Crippen LogP contribution in [0.15, 0.2) is 24.3 Å². The average Bonchev–Trinajstić information content (AvgIpc) is 2.93. The van der Waals surface area contributed by atoms with Gasteiger partial charge in [-0.25, -0.2) is 0 Å². The van der Waals surface area contributed by atoms with Crippen molar-refractivity contribution < 1.29 is 14.3 Å². The minimum absolute atomic E-state index is 0.0578. The minimum atomic E-state index is -1.08. The first kappa shape index (κ1) is 15.4. The summed E-state index contributed by atoms with van der Waals surface area (Å²) in [5.41, 5.74) is 5.33. The van der Waals surface area contributed by atoms with Crippen molar-refractivity contribution >= 4 is 11.8 Å². The van der Waals surface area contributed by atoms with Gasteiger partial charge < -0.3 is 15.4 Å². The van der Waals surface area contributed by atoms with Gasteiger partial charge >= 0.3 is 0 Å². The van der Waals surface area contributed by atoms with Gasteiger partial charge in [-0.15, -0.1) is 0 Å². The average molecular weight is 290 g/mol. The third kappa shape index (κ3) is 2.48. The highest BCUT2D eigenvalue weighted by atomic mass is 16.5. The number of primary amides is 1. The number of carbonyl (C=O) groups is 2. The van der Waals surface area contributed by atoms with Gasteiger partial charge in [0.25, 0.3) is 0 Å². The Morgan fingerprint density at radius 3 is 2.67 bits per heavy atom. The van der Waals surface area contributed by atoms with Crippen LogP contribution in [0.25, 0.3) is 0 Å². The molecule has 2 amide bonds. The van der Waals surface area contributed by atoms with Gasteiger partial charge in [-0.05, 0) is 25.8 Å². The number of hydrogen-bond donors (Lipinski definition) is 1. The van der Waals surface area contributed by atoms with Crippen LogP contribution in [0, 0.1) is 0 Å². The fraction of sp³-hybridized carbons (Fsp3) is 0.500. The molecule has 1 saturated heterocycles. The Morgan fingerprint density at radius 1 is 1.33 bits per heavy atom. The topological polar surface area (TPSA) is 72.6 Å². The van der Waals surface area contributed by atoms with Gasteiger partial charge in [-0.3, -0.25) is 9.59 Å². The van der Waals surface area contributed by atoms with Gasteiger partial charge in [-0.2, -0.15) is 0 Å². The molecule has 114 valence electrons. The Labute approximate surface area is 125 Å². The molecular formula is C16H22N2O3. The summed E-state index contributed by atoms with van der Waals surface area (Å²) < 4.78 is 5.64. The van der Waals surface area contributed by atoms with Crippen LogP contribution in [-0.4, -0.2) is 29.9 Å². The molecule has 21 heavy (non-hydrogen) atoms. The van der Waals surface area contributed by atoms with Crippen molar-refractivity contribution in [3.63, 3.8) is 0 Å². The number of rotatable bonds is 5. The summed E-state index contributed by atoms with van der Waals surface area (Å²) in [4.78, 5) is 26.2. The summed E-state index contributed by atoms with van der Waals surface area (Å²) in [7, 11) is 0. The van der Waals surface area contributed by atoms with Gasteiger partial charge in [0.2, 0.25) is 11.8 Å². The molecule has 0 aliphatic carbocycles. The van der Waals surface area contributed by atoms with E-state index in [9.17, 15) is 9.59 Å². The Balaban J connectivity index is 2.58. The molecule has 2 rings (SSSR count). The highest BCUT2D eigenvalue weighted by molar-refractivity contribution is 5.92. The number of nitrogens with zero attached hydrogens (tertiary/aromatic N) is 1. The van der Waals surface area contributed by atoms with E-state index in [4.69, 9.17) is 10.5 Å². The van der Waals surface area contributed by atoms with Crippen LogP contribution in [0.1, 0.15) is 38.7 Å². The molecule has 0 bridgehead atoms. The molecular weight excluding hydrogens is 268 g/mol. The lowest BCUT2D eigenvalue weighted by Crippen LogP contribution is -2.53. The zero-order valence-electron chi connectivity index (χ0n) is 12.6. The molecule has 1 aromatic carbocycles. The van der Waals surface area contributed by atoms with Crippen molar-refractivity contribution in [3.8, 4) is 5.75 Å². The van der Waals surface area contributed by atoms with Crippen LogP contribution in [0.3, 0.4) is 0 Å². The summed E-state index contributed by atoms with van der Waals surface area (Å²) in [5.74, 6) is 0.0705. The van der Waals surface area contributed by atoms with Crippen LogP contribution in [0.5, 0.6) is 5.75 Å². The van der Waals surface area contributed by atoms with E-state index in [1.54, 1.807) is 11.8 Å². The van der Waals surface area contributed by atoms with Crippen molar-refractivity contribution in [3.05, 3.63) is 29.8 Å². The van der Waals surface area contributed by atoms with Crippen LogP contribution < -0.4 is 10.5 Å². The normalized spacial score (nSPS) is 21.3. The van der Waals surface area contributed by atoms with Crippen molar-refractivity contribution in [1.82, 2.24) is 4.90 Å². The quantitative estimate of drug-likeness (QED) is 0.898. The van der Waals surface area contributed by atoms with Gasteiger partial charge in [0.15, 0.2) is 5.54 Å². The molecule has 5 nitrogen and oxygen atoms in total. The van der Waals surface area contributed by atoms with Crippen molar-refractivity contribution in [2.45, 2.75) is 38.6 Å². The standard InChI is InChI=1S/C16H22N2O3/c1-3-14(19)18-11-7-10-16(18,15(17)20)12-8-5-6-9-13(12)21-4-2/h5-6,8-9H,3-4,7,10-11H2,1-2H3,(H2,17,20). The highest BCUT2D eigenvalue weighted by Gasteiger charge is 2.50. The van der Waals surface area contributed by atoms with E-state index in [-0.39, 0.29) is 5.91 Å². The maximum absolute atomic E-state index is 12.3. The van der Waals surface area contributed by atoms with E-state index < -0.39 is 11.4 Å². The summed E-state index contributed by atoms with van der Waals surface area (Å²) in [6.07, 6.45) is 1.65. The van der Waals surface area contributed by atoms with Gasteiger partial charge in [0, 0.05) is 18.5 Å². The van der Waals surface area contributed by atoms with Gasteiger partial charge in [0.05, 0.1) is 6.61 Å². The van der Waals surface area contributed by atoms with E-state index in [0.717, 1.165) is 6.42 Å². The Kier molecular flexibility index (Phi) is 4.50. The van der Waals surface area contributed by atoms with Gasteiger partial charge in [0.1, 0.15) is 5.75 Å². The molecule has 1 heterocycles. The molecule has 0 aromatic heterocycles. The molecule has 0 spiro atoms. The lowest BCUT2D eigenvalue weighted by Gasteiger charge is -2.37. The second-order valence-corrected chi connectivity index (χ2v) is 5.16. The first-order chi connectivity index (χ1) is 10.1. The number of carbonyl (C=O) groups excluding carboxylic acids is 2. The summed E-state index contributed by atoms with van der Waals surface area (Å²) in [6.45, 7) is 4.72. The largest absolute Gasteiger partial charge is 0.493 e. The molecule has 1 aliphatic heterocycles. The highest BCUT2D eigenvalue weighted by Crippen LogP contribution is 2.43. The molecule has 1 atom stereocenters. The number of para-hydroxylation sites is 1. The van der Waals surface area contributed by atoms with E-state index >= 15 is 0 Å². The first-order valence-corrected chi connectivity index (χ1v) is 7.40. The maximum Gasteiger partial charge on any atom is 0.248 e. The number of benzene rings is 1. The number of amides is 2. The fourth-order valence-electron chi connectivity index (χ4n) is 3.11. The third-order valence-corrected chi connectivity index (χ3v) is 4.02. The fourth-order valence-corrected chi connectivity index (χ4v) is 3.11. The van der Waals surface area contributed by atoms with E-state index in [0.29, 0.717) is 37.3 Å². The zero-order valence-corrected chi connectivity index (χ0v) is 12.6. The van der Waals surface area contributed by atoms with Crippen LogP contribution in [0.2, 0.25) is 0 Å². The molecule has 1 aliphatic rings. The monoisotopic (exact) mass is 290 g/mol. The summed E-state index contributed by atoms with van der Waals surface area (Å²) >= 11 is 0. The predicted octanol–water partition coefficient (Wildman–Crippen LogP) is 1.80. The molecule has 1 fully saturated rings. The Morgan fingerprint density at radius 2 is 2.05 bits per heavy atom. The van der Waals surface area contributed by atoms with Crippen LogP contribution in [0.4, 0.5) is 0 Å². The number of likely N-dealkylation sites (tertiary alicyclic amines) is 1. The molecule has 2 N–H and O–H groups in total. The molecule has 1 unspecified atom stereocenters. The molecule has 0 radical (unpaired) electrons. The Bertz CT molecular complexity index is 544. The summed E-state index contributed by atoms with van der Waals surface area (Å²) in [6, 6.07) is 7.34. The van der Waals surface area contributed by atoms with Crippen molar-refractivity contribution in [1.29, 1.82) is 0 Å². The molecule has 1 aromatic rings. The van der Waals surface area contributed by atoms with Crippen molar-refractivity contribution in [2.24, 2.45) is 5.73 Å². The number of nitrogens with two attached hydrogens (primary N) is 1. The molecule has 5 heteroatoms. The molecule has 0 saturated carbocycles. The predicted molar refractivity (Wildman–Crippen MR) is 79.7 cm³/mol. The lowest BCUT2D eigenvalue weighted by atomic mass is 9.85. The summed E-state index contributed by atoms with van der Waals surface area (Å²) in [5, 5.41) is 0. The minimum Gasteiger partial charge on any atom is -0.493 e. The zero-order chi connectivity index (χ0) is 15.5. The third-order valence-electron chi connectivity index (χ3n) is 4.02. The van der Waals surface area contributed by atoms with Crippen molar-refractivity contribution in [2.75, 3.05) is 13.2 Å². The van der Waals surface area contributed by atoms with E-state index in [1.165, 1.54) is 0 Å². The van der Waals surface area contributed by atoms with E-state index in [1.807, 2.05) is 31.2 Å². The first-order valence-electron chi connectivity index (χ1n) is 7.40. The second kappa shape index (κ2) is 6.16. The van der Waals surface area contributed by atoms with E-state index in [2.05, 4.69) is 0 Å².